The molecule has 0 spiro atoms. The SMILES string of the molecule is Cc1cc([C@@H]2[C@H](c3ccccn3)NC(=S)N2CCCO)c(C)n1-c1ccccc1Br. The Kier molecular flexibility index (Phi) is 6.22. The number of hydrogen-bond donors (Lipinski definition) is 2. The number of pyridine rings is 1. The lowest BCUT2D eigenvalue weighted by molar-refractivity contribution is 0.247. The number of nitrogens with one attached hydrogen (secondary N) is 1. The van der Waals surface area contributed by atoms with Gasteiger partial charge in [0.1, 0.15) is 0 Å². The van der Waals surface area contributed by atoms with E-state index in [0.717, 1.165) is 21.5 Å². The summed E-state index contributed by atoms with van der Waals surface area (Å²) in [5, 5.41) is 13.6. The largest absolute Gasteiger partial charge is 0.396 e. The molecule has 30 heavy (non-hydrogen) atoms. The molecule has 156 valence electrons. The lowest BCUT2D eigenvalue weighted by Crippen LogP contribution is -2.31. The van der Waals surface area contributed by atoms with Crippen molar-refractivity contribution in [3.8, 4) is 5.69 Å². The quantitative estimate of drug-likeness (QED) is 0.500. The highest BCUT2D eigenvalue weighted by atomic mass is 79.9. The van der Waals surface area contributed by atoms with Gasteiger partial charge in [0.2, 0.25) is 0 Å². The molecular formula is C23H25BrN4OS. The lowest BCUT2D eigenvalue weighted by Gasteiger charge is -2.28. The average Bonchev–Trinajstić information content (AvgIpc) is 3.23. The summed E-state index contributed by atoms with van der Waals surface area (Å²) in [4.78, 5) is 6.80. The van der Waals surface area contributed by atoms with Gasteiger partial charge in [-0.3, -0.25) is 4.98 Å². The van der Waals surface area contributed by atoms with E-state index in [2.05, 4.69) is 73.8 Å². The van der Waals surface area contributed by atoms with Gasteiger partial charge >= 0.3 is 0 Å². The maximum Gasteiger partial charge on any atom is 0.170 e. The fraction of sp³-hybridized carbons (Fsp3) is 0.304. The standard InChI is InChI=1S/C23H25BrN4OS/c1-15-14-17(16(2)28(15)20-10-4-3-8-18(20)24)22-21(19-9-5-6-11-25-19)26-23(30)27(22)12-7-13-29/h3-6,8-11,14,21-22,29H,7,12-13H2,1-2H3,(H,26,30)/t21-,22+/m0/s1. The third kappa shape index (κ3) is 3.77. The third-order valence-electron chi connectivity index (χ3n) is 5.64. The van der Waals surface area contributed by atoms with E-state index in [-0.39, 0.29) is 18.7 Å². The molecule has 1 fully saturated rings. The summed E-state index contributed by atoms with van der Waals surface area (Å²) in [6, 6.07) is 16.4. The zero-order chi connectivity index (χ0) is 21.3. The molecule has 1 aliphatic heterocycles. The van der Waals surface area contributed by atoms with Crippen LogP contribution in [-0.4, -0.2) is 37.8 Å². The molecule has 1 aliphatic rings. The smallest absolute Gasteiger partial charge is 0.170 e. The number of benzene rings is 1. The minimum atomic E-state index is -0.0504. The molecular weight excluding hydrogens is 460 g/mol. The molecule has 0 unspecified atom stereocenters. The van der Waals surface area contributed by atoms with E-state index < -0.39 is 0 Å². The van der Waals surface area contributed by atoms with Crippen LogP contribution in [0.4, 0.5) is 0 Å². The number of aliphatic hydroxyl groups excluding tert-OH is 1. The number of nitrogens with zero attached hydrogens (tertiary/aromatic N) is 3. The van der Waals surface area contributed by atoms with Crippen LogP contribution in [0.5, 0.6) is 0 Å². The number of aryl methyl sites for hydroxylation is 1. The van der Waals surface area contributed by atoms with Gasteiger partial charge in [0.25, 0.3) is 0 Å². The van der Waals surface area contributed by atoms with Gasteiger partial charge in [-0.15, -0.1) is 0 Å². The molecule has 1 aromatic carbocycles. The van der Waals surface area contributed by atoms with E-state index in [1.54, 1.807) is 0 Å². The van der Waals surface area contributed by atoms with Crippen molar-refractivity contribution in [3.05, 3.63) is 81.8 Å². The molecule has 2 atom stereocenters. The Morgan fingerprint density at radius 1 is 1.17 bits per heavy atom. The van der Waals surface area contributed by atoms with Crippen LogP contribution in [0, 0.1) is 13.8 Å². The summed E-state index contributed by atoms with van der Waals surface area (Å²) in [5.74, 6) is 0. The molecule has 5 nitrogen and oxygen atoms in total. The number of hydrogen-bond acceptors (Lipinski definition) is 3. The van der Waals surface area contributed by atoms with Gasteiger partial charge in [-0.05, 0) is 84.3 Å². The predicted molar refractivity (Wildman–Crippen MR) is 127 cm³/mol. The van der Waals surface area contributed by atoms with Crippen LogP contribution in [0.2, 0.25) is 0 Å². The molecule has 0 amide bonds. The first-order valence-electron chi connectivity index (χ1n) is 10.1. The molecule has 3 aromatic rings. The maximum atomic E-state index is 9.42. The second kappa shape index (κ2) is 8.88. The molecule has 3 heterocycles. The molecule has 4 rings (SSSR count). The molecule has 0 saturated carbocycles. The number of para-hydroxylation sites is 1. The zero-order valence-electron chi connectivity index (χ0n) is 17.0. The van der Waals surface area contributed by atoms with Crippen molar-refractivity contribution in [1.29, 1.82) is 0 Å². The van der Waals surface area contributed by atoms with Gasteiger partial charge in [-0.2, -0.15) is 0 Å². The Labute approximate surface area is 190 Å². The van der Waals surface area contributed by atoms with Crippen LogP contribution in [-0.2, 0) is 0 Å². The summed E-state index contributed by atoms with van der Waals surface area (Å²) >= 11 is 9.39. The molecule has 0 bridgehead atoms. The van der Waals surface area contributed by atoms with Crippen molar-refractivity contribution in [2.75, 3.05) is 13.2 Å². The van der Waals surface area contributed by atoms with Crippen molar-refractivity contribution in [2.24, 2.45) is 0 Å². The number of thiocarbonyl (C=S) groups is 1. The second-order valence-electron chi connectivity index (χ2n) is 7.51. The Morgan fingerprint density at radius 3 is 2.63 bits per heavy atom. The van der Waals surface area contributed by atoms with Crippen LogP contribution in [0.1, 0.15) is 41.1 Å². The Bertz CT molecular complexity index is 1050. The molecule has 2 N–H and O–H groups in total. The van der Waals surface area contributed by atoms with Gasteiger partial charge in [0, 0.05) is 35.2 Å². The fourth-order valence-electron chi connectivity index (χ4n) is 4.32. The van der Waals surface area contributed by atoms with Crippen molar-refractivity contribution < 1.29 is 5.11 Å². The van der Waals surface area contributed by atoms with E-state index >= 15 is 0 Å². The van der Waals surface area contributed by atoms with E-state index in [1.165, 1.54) is 11.3 Å². The minimum absolute atomic E-state index is 0.00128. The first-order chi connectivity index (χ1) is 14.5. The highest BCUT2D eigenvalue weighted by Crippen LogP contribution is 2.41. The number of rotatable bonds is 6. The second-order valence-corrected chi connectivity index (χ2v) is 8.75. The Morgan fingerprint density at radius 2 is 1.93 bits per heavy atom. The molecule has 2 aromatic heterocycles. The normalized spacial score (nSPS) is 18.7. The number of halogens is 1. The van der Waals surface area contributed by atoms with Gasteiger partial charge in [0.05, 0.1) is 23.5 Å². The van der Waals surface area contributed by atoms with Gasteiger partial charge in [-0.25, -0.2) is 0 Å². The summed E-state index contributed by atoms with van der Waals surface area (Å²) in [6.07, 6.45) is 2.48. The maximum absolute atomic E-state index is 9.42. The fourth-order valence-corrected chi connectivity index (χ4v) is 5.11. The van der Waals surface area contributed by atoms with E-state index in [9.17, 15) is 5.11 Å². The first kappa shape index (κ1) is 21.0. The van der Waals surface area contributed by atoms with Gasteiger partial charge < -0.3 is 19.9 Å². The van der Waals surface area contributed by atoms with E-state index in [4.69, 9.17) is 12.2 Å². The van der Waals surface area contributed by atoms with Crippen molar-refractivity contribution in [1.82, 2.24) is 19.8 Å². The summed E-state index contributed by atoms with van der Waals surface area (Å²) in [5.41, 5.74) is 5.62. The van der Waals surface area contributed by atoms with Crippen LogP contribution >= 0.6 is 28.1 Å². The van der Waals surface area contributed by atoms with E-state index in [0.29, 0.717) is 18.1 Å². The highest BCUT2D eigenvalue weighted by molar-refractivity contribution is 9.10. The molecule has 0 aliphatic carbocycles. The van der Waals surface area contributed by atoms with Gasteiger partial charge in [0.15, 0.2) is 5.11 Å². The monoisotopic (exact) mass is 484 g/mol. The van der Waals surface area contributed by atoms with Crippen molar-refractivity contribution in [3.63, 3.8) is 0 Å². The van der Waals surface area contributed by atoms with Crippen LogP contribution in [0.3, 0.4) is 0 Å². The highest BCUT2D eigenvalue weighted by Gasteiger charge is 2.41. The van der Waals surface area contributed by atoms with Crippen molar-refractivity contribution >= 4 is 33.3 Å². The summed E-state index contributed by atoms with van der Waals surface area (Å²) in [6.45, 7) is 5.11. The molecule has 0 radical (unpaired) electrons. The zero-order valence-corrected chi connectivity index (χ0v) is 19.4. The topological polar surface area (TPSA) is 53.3 Å². The average molecular weight is 485 g/mol. The summed E-state index contributed by atoms with van der Waals surface area (Å²) < 4.78 is 3.33. The third-order valence-corrected chi connectivity index (χ3v) is 6.66. The first-order valence-corrected chi connectivity index (χ1v) is 11.3. The minimum Gasteiger partial charge on any atom is -0.396 e. The van der Waals surface area contributed by atoms with Crippen molar-refractivity contribution in [2.45, 2.75) is 32.4 Å². The number of aromatic nitrogens is 2. The van der Waals surface area contributed by atoms with Crippen LogP contribution in [0.15, 0.2) is 59.2 Å². The molecule has 7 heteroatoms. The number of aliphatic hydroxyl groups is 1. The van der Waals surface area contributed by atoms with E-state index in [1.807, 2.05) is 30.5 Å². The molecule has 1 saturated heterocycles. The Hall–Kier alpha value is -2.22. The van der Waals surface area contributed by atoms with Crippen LogP contribution < -0.4 is 5.32 Å². The van der Waals surface area contributed by atoms with Gasteiger partial charge in [-0.1, -0.05) is 18.2 Å². The Balaban J connectivity index is 1.83. The lowest BCUT2D eigenvalue weighted by atomic mass is 9.96. The summed E-state index contributed by atoms with van der Waals surface area (Å²) in [7, 11) is 0. The van der Waals surface area contributed by atoms with Crippen LogP contribution in [0.25, 0.3) is 5.69 Å². The predicted octanol–water partition coefficient (Wildman–Crippen LogP) is 4.61.